The highest BCUT2D eigenvalue weighted by Crippen LogP contribution is 2.30. The lowest BCUT2D eigenvalue weighted by Crippen LogP contribution is -2.41. The number of methoxy groups -OCH3 is 1. The molecule has 186 valence electrons. The molecule has 0 saturated carbocycles. The number of amides is 1. The molecule has 1 aromatic heterocycles. The highest BCUT2D eigenvalue weighted by molar-refractivity contribution is 5.98. The molecule has 1 aliphatic heterocycles. The number of nitrogens with one attached hydrogen (secondary N) is 1. The molecule has 1 aliphatic rings. The Kier molecular flexibility index (Phi) is 7.51. The minimum absolute atomic E-state index is 0.0797. The summed E-state index contributed by atoms with van der Waals surface area (Å²) < 4.78 is 20.4. The summed E-state index contributed by atoms with van der Waals surface area (Å²) in [7, 11) is 1.59. The van der Waals surface area contributed by atoms with Crippen LogP contribution in [0.5, 0.6) is 5.75 Å². The van der Waals surface area contributed by atoms with Gasteiger partial charge in [0.05, 0.1) is 19.2 Å². The Bertz CT molecular complexity index is 1300. The number of anilines is 1. The fraction of sp³-hybridized carbons (Fsp3) is 0.321. The van der Waals surface area contributed by atoms with Crippen molar-refractivity contribution in [1.82, 2.24) is 9.47 Å². The number of Topliss-reactive ketones (excluding diaryl/α,β-unsaturated/α-hetero) is 1. The Hall–Kier alpha value is -3.96. The molecule has 0 spiro atoms. The number of nitriles is 1. The molecule has 2 aromatic carbocycles. The molecule has 0 radical (unpaired) electrons. The van der Waals surface area contributed by atoms with Crippen LogP contribution in [-0.4, -0.2) is 47.9 Å². The number of hydrogen-bond acceptors (Lipinski definition) is 5. The second-order valence-electron chi connectivity index (χ2n) is 9.05. The van der Waals surface area contributed by atoms with Gasteiger partial charge in [-0.25, -0.2) is 4.39 Å². The Morgan fingerprint density at radius 2 is 1.72 bits per heavy atom. The summed E-state index contributed by atoms with van der Waals surface area (Å²) in [5.74, 6) is 0.525. The highest BCUT2D eigenvalue weighted by Gasteiger charge is 2.27. The fourth-order valence-corrected chi connectivity index (χ4v) is 4.69. The molecule has 3 aromatic rings. The zero-order chi connectivity index (χ0) is 25.8. The van der Waals surface area contributed by atoms with Crippen LogP contribution < -0.4 is 10.1 Å². The number of carbonyl (C=O) groups is 2. The maximum Gasteiger partial charge on any atom is 0.239 e. The van der Waals surface area contributed by atoms with Crippen molar-refractivity contribution in [3.63, 3.8) is 0 Å². The van der Waals surface area contributed by atoms with E-state index in [1.807, 2.05) is 18.7 Å². The number of aromatic nitrogens is 1. The van der Waals surface area contributed by atoms with E-state index in [4.69, 9.17) is 4.74 Å². The number of halogens is 1. The molecular weight excluding hydrogens is 459 g/mol. The van der Waals surface area contributed by atoms with E-state index in [1.165, 1.54) is 12.1 Å². The number of piperidine rings is 1. The van der Waals surface area contributed by atoms with Crippen LogP contribution >= 0.6 is 0 Å². The third-order valence-electron chi connectivity index (χ3n) is 6.87. The topological polar surface area (TPSA) is 87.4 Å². The summed E-state index contributed by atoms with van der Waals surface area (Å²) in [5, 5.41) is 12.7. The van der Waals surface area contributed by atoms with Crippen molar-refractivity contribution in [3.05, 3.63) is 76.7 Å². The average molecular weight is 489 g/mol. The van der Waals surface area contributed by atoms with Crippen molar-refractivity contribution < 1.29 is 18.7 Å². The average Bonchev–Trinajstić information content (AvgIpc) is 3.13. The summed E-state index contributed by atoms with van der Waals surface area (Å²) in [6, 6.07) is 15.3. The lowest BCUT2D eigenvalue weighted by atomic mass is 9.89. The van der Waals surface area contributed by atoms with Gasteiger partial charge < -0.3 is 10.1 Å². The predicted molar refractivity (Wildman–Crippen MR) is 135 cm³/mol. The van der Waals surface area contributed by atoms with Crippen LogP contribution in [0.3, 0.4) is 0 Å². The first-order valence-corrected chi connectivity index (χ1v) is 11.9. The van der Waals surface area contributed by atoms with Gasteiger partial charge in [0, 0.05) is 22.9 Å². The lowest BCUT2D eigenvalue weighted by molar-refractivity contribution is -0.117. The van der Waals surface area contributed by atoms with E-state index >= 15 is 0 Å². The number of likely N-dealkylation sites (tertiary alicyclic amines) is 1. The van der Waals surface area contributed by atoms with Gasteiger partial charge in [-0.1, -0.05) is 0 Å². The third kappa shape index (κ3) is 5.16. The first kappa shape index (κ1) is 25.1. The highest BCUT2D eigenvalue weighted by atomic mass is 19.1. The summed E-state index contributed by atoms with van der Waals surface area (Å²) >= 11 is 0. The van der Waals surface area contributed by atoms with Gasteiger partial charge in [-0.15, -0.1) is 0 Å². The van der Waals surface area contributed by atoms with Crippen LogP contribution in [0.1, 0.15) is 40.0 Å². The van der Waals surface area contributed by atoms with Crippen molar-refractivity contribution in [2.45, 2.75) is 26.7 Å². The van der Waals surface area contributed by atoms with Gasteiger partial charge in [0.25, 0.3) is 0 Å². The smallest absolute Gasteiger partial charge is 0.239 e. The predicted octanol–water partition coefficient (Wildman–Crippen LogP) is 4.65. The van der Waals surface area contributed by atoms with Gasteiger partial charge in [-0.2, -0.15) is 5.26 Å². The van der Waals surface area contributed by atoms with Crippen LogP contribution in [-0.2, 0) is 4.79 Å². The van der Waals surface area contributed by atoms with Crippen LogP contribution in [0.2, 0.25) is 0 Å². The Balaban J connectivity index is 1.41. The number of rotatable bonds is 7. The molecule has 1 saturated heterocycles. The molecule has 0 bridgehead atoms. The molecule has 0 unspecified atom stereocenters. The molecule has 1 fully saturated rings. The van der Waals surface area contributed by atoms with Crippen LogP contribution in [0.4, 0.5) is 10.2 Å². The molecule has 2 heterocycles. The number of carbonyl (C=O) groups excluding carboxylic acids is 2. The molecule has 1 amide bonds. The zero-order valence-corrected chi connectivity index (χ0v) is 20.7. The lowest BCUT2D eigenvalue weighted by Gasteiger charge is -2.30. The first-order chi connectivity index (χ1) is 17.3. The van der Waals surface area contributed by atoms with Gasteiger partial charge in [0.2, 0.25) is 5.91 Å². The number of ether oxygens (including phenoxy) is 1. The Morgan fingerprint density at radius 3 is 2.31 bits per heavy atom. The third-order valence-corrected chi connectivity index (χ3v) is 6.87. The second-order valence-corrected chi connectivity index (χ2v) is 9.05. The summed E-state index contributed by atoms with van der Waals surface area (Å²) in [6.07, 6.45) is 1.34. The van der Waals surface area contributed by atoms with E-state index < -0.39 is 0 Å². The summed E-state index contributed by atoms with van der Waals surface area (Å²) in [5.41, 5.74) is 3.27. The Morgan fingerprint density at radius 1 is 1.08 bits per heavy atom. The van der Waals surface area contributed by atoms with E-state index in [9.17, 15) is 19.2 Å². The van der Waals surface area contributed by atoms with Crippen molar-refractivity contribution >= 4 is 17.5 Å². The van der Waals surface area contributed by atoms with Gasteiger partial charge in [0.1, 0.15) is 23.5 Å². The Labute approximate surface area is 210 Å². The SMILES string of the molecule is COc1ccc(C(=O)C2CCN(CC(=O)Nc3c(C#N)c(C)c(C)n3-c3ccc(F)cc3)CC2)cc1. The molecule has 36 heavy (non-hydrogen) atoms. The number of ketones is 1. The quantitative estimate of drug-likeness (QED) is 0.490. The second kappa shape index (κ2) is 10.8. The molecule has 7 nitrogen and oxygen atoms in total. The van der Waals surface area contributed by atoms with Gasteiger partial charge in [-0.3, -0.25) is 19.1 Å². The van der Waals surface area contributed by atoms with Crippen molar-refractivity contribution in [2.24, 2.45) is 5.92 Å². The van der Waals surface area contributed by atoms with Crippen LogP contribution in [0.25, 0.3) is 5.69 Å². The van der Waals surface area contributed by atoms with Crippen molar-refractivity contribution in [1.29, 1.82) is 5.26 Å². The number of benzene rings is 2. The molecule has 4 rings (SSSR count). The maximum atomic E-state index is 13.5. The van der Waals surface area contributed by atoms with Gasteiger partial charge in [0.15, 0.2) is 5.78 Å². The molecule has 0 aliphatic carbocycles. The van der Waals surface area contributed by atoms with E-state index in [0.29, 0.717) is 54.3 Å². The zero-order valence-electron chi connectivity index (χ0n) is 20.7. The van der Waals surface area contributed by atoms with Crippen molar-refractivity contribution in [2.75, 3.05) is 32.1 Å². The fourth-order valence-electron chi connectivity index (χ4n) is 4.69. The number of hydrogen-bond donors (Lipinski definition) is 1. The first-order valence-electron chi connectivity index (χ1n) is 11.9. The monoisotopic (exact) mass is 488 g/mol. The summed E-state index contributed by atoms with van der Waals surface area (Å²) in [4.78, 5) is 27.9. The minimum atomic E-state index is -0.361. The summed E-state index contributed by atoms with van der Waals surface area (Å²) in [6.45, 7) is 5.10. The molecular formula is C28H29FN4O3. The largest absolute Gasteiger partial charge is 0.497 e. The van der Waals surface area contributed by atoms with E-state index in [0.717, 1.165) is 11.3 Å². The van der Waals surface area contributed by atoms with Gasteiger partial charge in [-0.05, 0) is 93.9 Å². The molecule has 1 N–H and O–H groups in total. The standard InChI is InChI=1S/C28H29FN4O3/c1-18-19(2)33(23-8-6-22(29)7-9-23)28(25(18)16-30)31-26(34)17-32-14-12-21(13-15-32)27(35)20-4-10-24(36-3)11-5-20/h4-11,21H,12-15,17H2,1-3H3,(H,31,34). The minimum Gasteiger partial charge on any atom is -0.497 e. The van der Waals surface area contributed by atoms with Crippen LogP contribution in [0.15, 0.2) is 48.5 Å². The van der Waals surface area contributed by atoms with E-state index in [1.54, 1.807) is 48.1 Å². The molecule has 8 heteroatoms. The van der Waals surface area contributed by atoms with E-state index in [2.05, 4.69) is 11.4 Å². The van der Waals surface area contributed by atoms with Crippen molar-refractivity contribution in [3.8, 4) is 17.5 Å². The van der Waals surface area contributed by atoms with Gasteiger partial charge >= 0.3 is 0 Å². The van der Waals surface area contributed by atoms with E-state index in [-0.39, 0.29) is 30.0 Å². The maximum absolute atomic E-state index is 13.5. The number of nitrogens with zero attached hydrogens (tertiary/aromatic N) is 3. The normalized spacial score (nSPS) is 14.3. The molecule has 0 atom stereocenters. The van der Waals surface area contributed by atoms with Crippen LogP contribution in [0, 0.1) is 36.9 Å².